The number of nitrogens with zero attached hydrogens (tertiary/aromatic N) is 2. The predicted molar refractivity (Wildman–Crippen MR) is 64.4 cm³/mol. The molecule has 1 amide bonds. The van der Waals surface area contributed by atoms with Crippen LogP contribution in [-0.2, 0) is 14.3 Å². The summed E-state index contributed by atoms with van der Waals surface area (Å²) in [6, 6.07) is 3.47. The van der Waals surface area contributed by atoms with Gasteiger partial charge >= 0.3 is 5.97 Å². The van der Waals surface area contributed by atoms with Gasteiger partial charge in [-0.05, 0) is 23.8 Å². The minimum atomic E-state index is -0.421. The summed E-state index contributed by atoms with van der Waals surface area (Å²) in [5.41, 5.74) is 0.760. The van der Waals surface area contributed by atoms with Crippen LogP contribution in [0.5, 0.6) is 0 Å². The zero-order chi connectivity index (χ0) is 12.8. The van der Waals surface area contributed by atoms with E-state index in [-0.39, 0.29) is 5.91 Å². The molecular formula is C12H14N2O3. The third-order valence-corrected chi connectivity index (χ3v) is 2.20. The number of carbonyl (C=O) groups is 2. The lowest BCUT2D eigenvalue weighted by Gasteiger charge is -2.13. The molecule has 0 aliphatic carbocycles. The molecule has 0 fully saturated rings. The van der Waals surface area contributed by atoms with Crippen LogP contribution in [0.1, 0.15) is 12.5 Å². The monoisotopic (exact) mass is 234 g/mol. The van der Waals surface area contributed by atoms with Gasteiger partial charge in [-0.3, -0.25) is 4.79 Å². The van der Waals surface area contributed by atoms with Gasteiger partial charge in [-0.15, -0.1) is 0 Å². The van der Waals surface area contributed by atoms with Crippen molar-refractivity contribution in [2.24, 2.45) is 0 Å². The minimum Gasteiger partial charge on any atom is -0.466 e. The van der Waals surface area contributed by atoms with E-state index in [0.29, 0.717) is 5.82 Å². The van der Waals surface area contributed by atoms with E-state index >= 15 is 0 Å². The number of hydrogen-bond acceptors (Lipinski definition) is 4. The first-order valence-corrected chi connectivity index (χ1v) is 5.01. The highest BCUT2D eigenvalue weighted by molar-refractivity contribution is 5.90. The topological polar surface area (TPSA) is 59.5 Å². The van der Waals surface area contributed by atoms with Crippen molar-refractivity contribution in [3.63, 3.8) is 0 Å². The van der Waals surface area contributed by atoms with E-state index in [2.05, 4.69) is 9.72 Å². The van der Waals surface area contributed by atoms with E-state index < -0.39 is 5.97 Å². The van der Waals surface area contributed by atoms with Gasteiger partial charge in [0.25, 0.3) is 0 Å². The summed E-state index contributed by atoms with van der Waals surface area (Å²) in [5, 5.41) is 0. The van der Waals surface area contributed by atoms with Gasteiger partial charge in [0.2, 0.25) is 5.91 Å². The number of methoxy groups -OCH3 is 1. The van der Waals surface area contributed by atoms with Gasteiger partial charge < -0.3 is 9.64 Å². The van der Waals surface area contributed by atoms with Crippen LogP contribution < -0.4 is 4.90 Å². The van der Waals surface area contributed by atoms with Gasteiger partial charge in [-0.2, -0.15) is 0 Å². The largest absolute Gasteiger partial charge is 0.466 e. The normalized spacial score (nSPS) is 10.3. The molecule has 90 valence electrons. The molecule has 17 heavy (non-hydrogen) atoms. The molecular weight excluding hydrogens is 220 g/mol. The Hall–Kier alpha value is -2.17. The molecule has 0 radical (unpaired) electrons. The van der Waals surface area contributed by atoms with Crippen LogP contribution in [0.2, 0.25) is 0 Å². The van der Waals surface area contributed by atoms with Crippen LogP contribution in [0, 0.1) is 0 Å². The summed E-state index contributed by atoms with van der Waals surface area (Å²) in [6.45, 7) is 1.47. The van der Waals surface area contributed by atoms with Crippen LogP contribution in [-0.4, -0.2) is 31.0 Å². The molecule has 0 N–H and O–H groups in total. The fourth-order valence-corrected chi connectivity index (χ4v) is 1.09. The van der Waals surface area contributed by atoms with E-state index in [1.807, 2.05) is 0 Å². The van der Waals surface area contributed by atoms with E-state index in [4.69, 9.17) is 0 Å². The zero-order valence-electron chi connectivity index (χ0n) is 10.0. The van der Waals surface area contributed by atoms with Gasteiger partial charge in [0.1, 0.15) is 5.82 Å². The lowest BCUT2D eigenvalue weighted by atomic mass is 10.2. The second-order valence-corrected chi connectivity index (χ2v) is 3.38. The van der Waals surface area contributed by atoms with Crippen molar-refractivity contribution in [1.82, 2.24) is 4.98 Å². The molecule has 1 aromatic heterocycles. The van der Waals surface area contributed by atoms with Crippen molar-refractivity contribution >= 4 is 23.8 Å². The zero-order valence-corrected chi connectivity index (χ0v) is 10.0. The van der Waals surface area contributed by atoms with Crippen molar-refractivity contribution < 1.29 is 14.3 Å². The Morgan fingerprint density at radius 1 is 1.41 bits per heavy atom. The molecule has 0 saturated heterocycles. The van der Waals surface area contributed by atoms with Crippen LogP contribution in [0.3, 0.4) is 0 Å². The first-order chi connectivity index (χ1) is 8.04. The van der Waals surface area contributed by atoms with E-state index in [0.717, 1.165) is 5.56 Å². The summed E-state index contributed by atoms with van der Waals surface area (Å²) >= 11 is 0. The first-order valence-electron chi connectivity index (χ1n) is 5.01. The molecule has 0 aliphatic heterocycles. The quantitative estimate of drug-likeness (QED) is 0.583. The summed E-state index contributed by atoms with van der Waals surface area (Å²) in [5.74, 6) is 0.0537. The van der Waals surface area contributed by atoms with Crippen LogP contribution >= 0.6 is 0 Å². The maximum absolute atomic E-state index is 11.1. The Balaban J connectivity index is 2.78. The second kappa shape index (κ2) is 5.79. The summed E-state index contributed by atoms with van der Waals surface area (Å²) < 4.78 is 4.47. The van der Waals surface area contributed by atoms with E-state index in [1.165, 1.54) is 25.0 Å². The fourth-order valence-electron chi connectivity index (χ4n) is 1.09. The lowest BCUT2D eigenvalue weighted by Crippen LogP contribution is -2.23. The van der Waals surface area contributed by atoms with Crippen molar-refractivity contribution in [3.05, 3.63) is 30.0 Å². The second-order valence-electron chi connectivity index (χ2n) is 3.38. The number of rotatable bonds is 3. The van der Waals surface area contributed by atoms with Crippen LogP contribution in [0.4, 0.5) is 5.82 Å². The number of aromatic nitrogens is 1. The summed E-state index contributed by atoms with van der Waals surface area (Å²) in [6.07, 6.45) is 4.48. The molecule has 0 bridgehead atoms. The third kappa shape index (κ3) is 3.71. The molecule has 5 nitrogen and oxygen atoms in total. The summed E-state index contributed by atoms with van der Waals surface area (Å²) in [4.78, 5) is 27.5. The van der Waals surface area contributed by atoms with Gasteiger partial charge in [-0.25, -0.2) is 9.78 Å². The molecule has 0 spiro atoms. The summed E-state index contributed by atoms with van der Waals surface area (Å²) in [7, 11) is 2.96. The van der Waals surface area contributed by atoms with Crippen LogP contribution in [0.15, 0.2) is 24.4 Å². The smallest absolute Gasteiger partial charge is 0.330 e. The molecule has 1 aromatic rings. The minimum absolute atomic E-state index is 0.0876. The third-order valence-electron chi connectivity index (χ3n) is 2.20. The molecule has 0 atom stereocenters. The Kier molecular flexibility index (Phi) is 4.39. The number of amides is 1. The Bertz CT molecular complexity index is 438. The Morgan fingerprint density at radius 2 is 2.12 bits per heavy atom. The van der Waals surface area contributed by atoms with Crippen LogP contribution in [0.25, 0.3) is 6.08 Å². The molecule has 0 unspecified atom stereocenters. The number of esters is 1. The van der Waals surface area contributed by atoms with Crippen molar-refractivity contribution in [2.75, 3.05) is 19.1 Å². The number of pyridine rings is 1. The maximum Gasteiger partial charge on any atom is 0.330 e. The Labute approximate surface area is 99.7 Å². The first kappa shape index (κ1) is 12.9. The van der Waals surface area contributed by atoms with Crippen molar-refractivity contribution in [1.29, 1.82) is 0 Å². The maximum atomic E-state index is 11.1. The molecule has 1 heterocycles. The Morgan fingerprint density at radius 3 is 2.59 bits per heavy atom. The standard InChI is InChI=1S/C12H14N2O3/c1-9(15)14(2)11-6-4-10(8-13-11)5-7-12(16)17-3/h4-8H,1-3H3. The van der Waals surface area contributed by atoms with Gasteiger partial charge in [0.05, 0.1) is 7.11 Å². The fraction of sp³-hybridized carbons (Fsp3) is 0.250. The molecule has 1 rings (SSSR count). The van der Waals surface area contributed by atoms with Crippen molar-refractivity contribution in [3.8, 4) is 0 Å². The van der Waals surface area contributed by atoms with E-state index in [1.54, 1.807) is 31.5 Å². The number of hydrogen-bond donors (Lipinski definition) is 0. The molecule has 5 heteroatoms. The number of carbonyl (C=O) groups excluding carboxylic acids is 2. The molecule has 0 saturated carbocycles. The molecule has 0 aliphatic rings. The number of ether oxygens (including phenoxy) is 1. The number of anilines is 1. The van der Waals surface area contributed by atoms with Gasteiger partial charge in [-0.1, -0.05) is 0 Å². The van der Waals surface area contributed by atoms with Gasteiger partial charge in [0, 0.05) is 26.2 Å². The average Bonchev–Trinajstić information content (AvgIpc) is 2.35. The SMILES string of the molecule is COC(=O)C=Cc1ccc(N(C)C(C)=O)nc1. The average molecular weight is 234 g/mol. The van der Waals surface area contributed by atoms with Crippen molar-refractivity contribution in [2.45, 2.75) is 6.92 Å². The predicted octanol–water partition coefficient (Wildman–Crippen LogP) is 1.25. The van der Waals surface area contributed by atoms with E-state index in [9.17, 15) is 9.59 Å². The molecule has 0 aromatic carbocycles. The highest BCUT2D eigenvalue weighted by Crippen LogP contribution is 2.10. The highest BCUT2D eigenvalue weighted by Gasteiger charge is 2.05. The van der Waals surface area contributed by atoms with Gasteiger partial charge in [0.15, 0.2) is 0 Å². The highest BCUT2D eigenvalue weighted by atomic mass is 16.5. The lowest BCUT2D eigenvalue weighted by molar-refractivity contribution is -0.134.